The van der Waals surface area contributed by atoms with Crippen molar-refractivity contribution in [3.05, 3.63) is 28.8 Å². The van der Waals surface area contributed by atoms with Gasteiger partial charge in [-0.15, -0.1) is 0 Å². The van der Waals surface area contributed by atoms with Gasteiger partial charge in [-0.25, -0.2) is 0 Å². The van der Waals surface area contributed by atoms with Crippen molar-refractivity contribution in [1.29, 1.82) is 0 Å². The molecule has 0 aromatic heterocycles. The molecule has 3 nitrogen and oxygen atoms in total. The fourth-order valence-electron chi connectivity index (χ4n) is 1.22. The topological polar surface area (TPSA) is 32.3 Å². The largest absolute Gasteiger partial charge is 0.378 e. The molecule has 0 aliphatic carbocycles. The van der Waals surface area contributed by atoms with Crippen LogP contribution in [0.15, 0.2) is 18.2 Å². The average molecular weight is 227 g/mol. The molecule has 0 atom stereocenters. The smallest absolute Gasteiger partial charge is 0.252 e. The van der Waals surface area contributed by atoms with Gasteiger partial charge in [0.15, 0.2) is 0 Å². The minimum Gasteiger partial charge on any atom is -0.378 e. The van der Waals surface area contributed by atoms with Crippen LogP contribution >= 0.6 is 11.6 Å². The summed E-state index contributed by atoms with van der Waals surface area (Å²) in [6.45, 7) is 2.48. The number of nitrogens with zero attached hydrogens (tertiary/aromatic N) is 1. The molecule has 0 unspecified atom stereocenters. The van der Waals surface area contributed by atoms with Gasteiger partial charge in [-0.05, 0) is 25.1 Å². The van der Waals surface area contributed by atoms with Crippen LogP contribution in [0.5, 0.6) is 0 Å². The molecule has 1 amide bonds. The molecule has 0 spiro atoms. The standard InChI is InChI=1S/C11H15ClN2O/c1-4-13-11(15)9-7-8(14(2)3)5-6-10(9)12/h5-7H,4H2,1-3H3,(H,13,15). The molecule has 4 heteroatoms. The van der Waals surface area contributed by atoms with Gasteiger partial charge in [0.1, 0.15) is 0 Å². The van der Waals surface area contributed by atoms with Crippen LogP contribution in [0.1, 0.15) is 17.3 Å². The molecule has 0 saturated carbocycles. The number of amides is 1. The molecule has 0 aliphatic heterocycles. The maximum Gasteiger partial charge on any atom is 0.252 e. The van der Waals surface area contributed by atoms with Gasteiger partial charge >= 0.3 is 0 Å². The van der Waals surface area contributed by atoms with Crippen LogP contribution in [0.4, 0.5) is 5.69 Å². The molecule has 1 rings (SSSR count). The summed E-state index contributed by atoms with van der Waals surface area (Å²) in [5.41, 5.74) is 1.48. The fraction of sp³-hybridized carbons (Fsp3) is 0.364. The fourth-order valence-corrected chi connectivity index (χ4v) is 1.42. The van der Waals surface area contributed by atoms with E-state index in [2.05, 4.69) is 5.32 Å². The monoisotopic (exact) mass is 226 g/mol. The first-order chi connectivity index (χ1) is 7.06. The van der Waals surface area contributed by atoms with Crippen LogP contribution < -0.4 is 10.2 Å². The first-order valence-electron chi connectivity index (χ1n) is 4.81. The molecule has 0 heterocycles. The lowest BCUT2D eigenvalue weighted by Crippen LogP contribution is -2.23. The lowest BCUT2D eigenvalue weighted by molar-refractivity contribution is 0.0956. The van der Waals surface area contributed by atoms with Crippen molar-refractivity contribution >= 4 is 23.2 Å². The Hall–Kier alpha value is -1.22. The molecule has 15 heavy (non-hydrogen) atoms. The Morgan fingerprint density at radius 3 is 2.67 bits per heavy atom. The number of rotatable bonds is 3. The zero-order valence-corrected chi connectivity index (χ0v) is 9.93. The second-order valence-corrected chi connectivity index (χ2v) is 3.83. The van der Waals surface area contributed by atoms with Crippen LogP contribution in [0.3, 0.4) is 0 Å². The molecule has 1 aromatic rings. The summed E-state index contributed by atoms with van der Waals surface area (Å²) in [6.07, 6.45) is 0. The molecular formula is C11H15ClN2O. The van der Waals surface area contributed by atoms with Gasteiger partial charge in [-0.3, -0.25) is 4.79 Å². The SMILES string of the molecule is CCNC(=O)c1cc(N(C)C)ccc1Cl. The summed E-state index contributed by atoms with van der Waals surface area (Å²) >= 11 is 5.95. The minimum atomic E-state index is -0.133. The summed E-state index contributed by atoms with van der Waals surface area (Å²) in [4.78, 5) is 13.6. The molecule has 1 N–H and O–H groups in total. The predicted octanol–water partition coefficient (Wildman–Crippen LogP) is 2.16. The molecule has 82 valence electrons. The Bertz CT molecular complexity index is 364. The van der Waals surface area contributed by atoms with E-state index >= 15 is 0 Å². The number of carbonyl (C=O) groups excluding carboxylic acids is 1. The summed E-state index contributed by atoms with van der Waals surface area (Å²) in [6, 6.07) is 5.40. The van der Waals surface area contributed by atoms with Gasteiger partial charge in [0.25, 0.3) is 5.91 Å². The zero-order chi connectivity index (χ0) is 11.4. The maximum absolute atomic E-state index is 11.6. The molecule has 1 aromatic carbocycles. The van der Waals surface area contributed by atoms with Crippen LogP contribution in [-0.2, 0) is 0 Å². The molecule has 0 saturated heterocycles. The number of halogens is 1. The Kier molecular flexibility index (Phi) is 3.97. The van der Waals surface area contributed by atoms with E-state index in [9.17, 15) is 4.79 Å². The highest BCUT2D eigenvalue weighted by Gasteiger charge is 2.10. The van der Waals surface area contributed by atoms with Crippen LogP contribution in [0.25, 0.3) is 0 Å². The van der Waals surface area contributed by atoms with Crippen molar-refractivity contribution < 1.29 is 4.79 Å². The lowest BCUT2D eigenvalue weighted by Gasteiger charge is -2.14. The molecule has 0 bridgehead atoms. The Balaban J connectivity index is 3.05. The number of nitrogens with one attached hydrogen (secondary N) is 1. The van der Waals surface area contributed by atoms with E-state index in [1.807, 2.05) is 32.0 Å². The van der Waals surface area contributed by atoms with E-state index in [1.165, 1.54) is 0 Å². The van der Waals surface area contributed by atoms with Crippen LogP contribution in [0.2, 0.25) is 5.02 Å². The van der Waals surface area contributed by atoms with E-state index in [1.54, 1.807) is 12.1 Å². The van der Waals surface area contributed by atoms with Crippen molar-refractivity contribution in [3.8, 4) is 0 Å². The van der Waals surface area contributed by atoms with Crippen LogP contribution in [-0.4, -0.2) is 26.5 Å². The lowest BCUT2D eigenvalue weighted by atomic mass is 10.2. The zero-order valence-electron chi connectivity index (χ0n) is 9.17. The molecular weight excluding hydrogens is 212 g/mol. The maximum atomic E-state index is 11.6. The van der Waals surface area contributed by atoms with Crippen molar-refractivity contribution in [2.45, 2.75) is 6.92 Å². The molecule has 0 fully saturated rings. The average Bonchev–Trinajstić information content (AvgIpc) is 2.18. The number of hydrogen-bond acceptors (Lipinski definition) is 2. The van der Waals surface area contributed by atoms with Crippen molar-refractivity contribution in [2.75, 3.05) is 25.5 Å². The second kappa shape index (κ2) is 5.03. The summed E-state index contributed by atoms with van der Waals surface area (Å²) < 4.78 is 0. The van der Waals surface area contributed by atoms with Crippen LogP contribution in [0, 0.1) is 0 Å². The van der Waals surface area contributed by atoms with Crippen molar-refractivity contribution in [3.63, 3.8) is 0 Å². The number of hydrogen-bond donors (Lipinski definition) is 1. The normalized spacial score (nSPS) is 9.87. The summed E-state index contributed by atoms with van der Waals surface area (Å²) in [5.74, 6) is -0.133. The van der Waals surface area contributed by atoms with Gasteiger partial charge < -0.3 is 10.2 Å². The predicted molar refractivity (Wildman–Crippen MR) is 63.8 cm³/mol. The Morgan fingerprint density at radius 2 is 2.13 bits per heavy atom. The summed E-state index contributed by atoms with van der Waals surface area (Å²) in [7, 11) is 3.84. The van der Waals surface area contributed by atoms with E-state index < -0.39 is 0 Å². The highest BCUT2D eigenvalue weighted by Crippen LogP contribution is 2.21. The molecule has 0 radical (unpaired) electrons. The van der Waals surface area contributed by atoms with Gasteiger partial charge in [-0.1, -0.05) is 11.6 Å². The third-order valence-corrected chi connectivity index (χ3v) is 2.38. The first-order valence-corrected chi connectivity index (χ1v) is 5.19. The van der Waals surface area contributed by atoms with E-state index in [0.717, 1.165) is 5.69 Å². The third kappa shape index (κ3) is 2.86. The first kappa shape index (κ1) is 11.9. The highest BCUT2D eigenvalue weighted by molar-refractivity contribution is 6.34. The number of anilines is 1. The third-order valence-electron chi connectivity index (χ3n) is 2.05. The number of carbonyl (C=O) groups is 1. The number of benzene rings is 1. The van der Waals surface area contributed by atoms with Crippen molar-refractivity contribution in [1.82, 2.24) is 5.32 Å². The van der Waals surface area contributed by atoms with Gasteiger partial charge in [0.05, 0.1) is 10.6 Å². The Morgan fingerprint density at radius 1 is 1.47 bits per heavy atom. The van der Waals surface area contributed by atoms with Gasteiger partial charge in [0, 0.05) is 26.3 Å². The van der Waals surface area contributed by atoms with E-state index in [0.29, 0.717) is 17.1 Å². The van der Waals surface area contributed by atoms with Gasteiger partial charge in [0.2, 0.25) is 0 Å². The minimum absolute atomic E-state index is 0.133. The van der Waals surface area contributed by atoms with E-state index in [-0.39, 0.29) is 5.91 Å². The summed E-state index contributed by atoms with van der Waals surface area (Å²) in [5, 5.41) is 3.21. The highest BCUT2D eigenvalue weighted by atomic mass is 35.5. The Labute approximate surface area is 95.0 Å². The van der Waals surface area contributed by atoms with E-state index in [4.69, 9.17) is 11.6 Å². The molecule has 0 aliphatic rings. The quantitative estimate of drug-likeness (QED) is 0.857. The van der Waals surface area contributed by atoms with Gasteiger partial charge in [-0.2, -0.15) is 0 Å². The second-order valence-electron chi connectivity index (χ2n) is 3.42. The van der Waals surface area contributed by atoms with Crippen molar-refractivity contribution in [2.24, 2.45) is 0 Å².